The molecular weight excluding hydrogens is 456 g/mol. The second-order valence-corrected chi connectivity index (χ2v) is 9.97. The lowest BCUT2D eigenvalue weighted by Gasteiger charge is -2.12. The third-order valence-electron chi connectivity index (χ3n) is 5.76. The summed E-state index contributed by atoms with van der Waals surface area (Å²) >= 11 is 7.55. The van der Waals surface area contributed by atoms with E-state index in [0.29, 0.717) is 34.7 Å². The zero-order valence-corrected chi connectivity index (χ0v) is 19.7. The van der Waals surface area contributed by atoms with Gasteiger partial charge in [0.2, 0.25) is 5.91 Å². The number of carbonyl (C=O) groups is 1. The minimum atomic E-state index is -0.0827. The van der Waals surface area contributed by atoms with Crippen LogP contribution >= 0.6 is 22.9 Å². The molecule has 1 amide bonds. The molecule has 0 radical (unpaired) electrons. The van der Waals surface area contributed by atoms with E-state index in [1.807, 2.05) is 55.5 Å². The number of hydrogen-bond donors (Lipinski definition) is 1. The van der Waals surface area contributed by atoms with Crippen LogP contribution < -0.4 is 10.9 Å². The Balaban J connectivity index is 1.25. The molecule has 1 fully saturated rings. The van der Waals surface area contributed by atoms with Crippen LogP contribution in [0.2, 0.25) is 5.02 Å². The summed E-state index contributed by atoms with van der Waals surface area (Å²) in [4.78, 5) is 36.0. The van der Waals surface area contributed by atoms with Crippen molar-refractivity contribution in [1.82, 2.24) is 19.9 Å². The highest BCUT2D eigenvalue weighted by molar-refractivity contribution is 7.12. The molecule has 2 aromatic heterocycles. The first-order chi connectivity index (χ1) is 16.0. The molecule has 0 spiro atoms. The van der Waals surface area contributed by atoms with Gasteiger partial charge in [0.05, 0.1) is 23.1 Å². The summed E-state index contributed by atoms with van der Waals surface area (Å²) in [5.74, 6) is 0.604. The molecule has 1 aliphatic carbocycles. The van der Waals surface area contributed by atoms with Crippen molar-refractivity contribution in [3.63, 3.8) is 0 Å². The maximum atomic E-state index is 13.0. The van der Waals surface area contributed by atoms with Crippen molar-refractivity contribution in [1.29, 1.82) is 0 Å². The molecule has 4 aromatic rings. The van der Waals surface area contributed by atoms with Crippen LogP contribution in [0.4, 0.5) is 0 Å². The van der Waals surface area contributed by atoms with Gasteiger partial charge in [-0.2, -0.15) is 0 Å². The van der Waals surface area contributed by atoms with E-state index >= 15 is 0 Å². The summed E-state index contributed by atoms with van der Waals surface area (Å²) in [7, 11) is 0. The molecule has 1 saturated carbocycles. The van der Waals surface area contributed by atoms with Gasteiger partial charge in [-0.15, -0.1) is 11.3 Å². The summed E-state index contributed by atoms with van der Waals surface area (Å²) in [6.45, 7) is 2.40. The monoisotopic (exact) mass is 478 g/mol. The standard InChI is InChI=1S/C25H23ClN4O2S/c1-15-24(16-6-8-17(26)9-7-16)29-23(33-15)14-27-22(31)13-12-21-28-20-5-3-2-4-19(20)25(32)30(21)18-10-11-18/h2-9,18H,10-14H2,1H3,(H,27,31). The van der Waals surface area contributed by atoms with E-state index < -0.39 is 0 Å². The minimum Gasteiger partial charge on any atom is -0.350 e. The van der Waals surface area contributed by atoms with Crippen LogP contribution in [0.25, 0.3) is 22.2 Å². The van der Waals surface area contributed by atoms with Crippen LogP contribution in [0, 0.1) is 6.92 Å². The van der Waals surface area contributed by atoms with E-state index in [1.54, 1.807) is 15.9 Å². The average molecular weight is 479 g/mol. The highest BCUT2D eigenvalue weighted by atomic mass is 35.5. The summed E-state index contributed by atoms with van der Waals surface area (Å²) in [6.07, 6.45) is 2.66. The quantitative estimate of drug-likeness (QED) is 0.402. The zero-order valence-electron chi connectivity index (χ0n) is 18.2. The third-order valence-corrected chi connectivity index (χ3v) is 6.99. The number of rotatable bonds is 7. The SMILES string of the molecule is Cc1sc(CNC(=O)CCc2nc3ccccc3c(=O)n2C2CC2)nc1-c1ccc(Cl)cc1. The molecule has 0 aliphatic heterocycles. The van der Waals surface area contributed by atoms with Gasteiger partial charge in [0.15, 0.2) is 0 Å². The number of benzene rings is 2. The molecule has 0 bridgehead atoms. The van der Waals surface area contributed by atoms with Crippen LogP contribution in [-0.2, 0) is 17.8 Å². The average Bonchev–Trinajstić information content (AvgIpc) is 3.58. The number of fused-ring (bicyclic) bond motifs is 1. The number of nitrogens with one attached hydrogen (secondary N) is 1. The molecule has 8 heteroatoms. The zero-order chi connectivity index (χ0) is 22.9. The van der Waals surface area contributed by atoms with Gasteiger partial charge < -0.3 is 5.32 Å². The van der Waals surface area contributed by atoms with Crippen LogP contribution in [0.3, 0.4) is 0 Å². The molecule has 1 N–H and O–H groups in total. The molecule has 168 valence electrons. The second kappa shape index (κ2) is 9.08. The van der Waals surface area contributed by atoms with E-state index in [1.165, 1.54) is 0 Å². The summed E-state index contributed by atoms with van der Waals surface area (Å²) < 4.78 is 1.79. The van der Waals surface area contributed by atoms with Gasteiger partial charge in [-0.05, 0) is 44.0 Å². The molecule has 6 nitrogen and oxygen atoms in total. The molecule has 0 unspecified atom stereocenters. The lowest BCUT2D eigenvalue weighted by molar-refractivity contribution is -0.121. The van der Waals surface area contributed by atoms with Gasteiger partial charge in [0, 0.05) is 34.3 Å². The van der Waals surface area contributed by atoms with E-state index in [-0.39, 0.29) is 23.9 Å². The van der Waals surface area contributed by atoms with Crippen LogP contribution in [0.5, 0.6) is 0 Å². The molecular formula is C25H23ClN4O2S. The topological polar surface area (TPSA) is 76.9 Å². The predicted molar refractivity (Wildman–Crippen MR) is 132 cm³/mol. The first-order valence-electron chi connectivity index (χ1n) is 11.0. The lowest BCUT2D eigenvalue weighted by atomic mass is 10.1. The number of amides is 1. The number of aromatic nitrogens is 3. The van der Waals surface area contributed by atoms with Gasteiger partial charge >= 0.3 is 0 Å². The second-order valence-electron chi connectivity index (χ2n) is 8.25. The normalized spacial score (nSPS) is 13.4. The first-order valence-corrected chi connectivity index (χ1v) is 12.2. The molecule has 33 heavy (non-hydrogen) atoms. The molecule has 2 heterocycles. The molecule has 0 saturated heterocycles. The van der Waals surface area contributed by atoms with E-state index in [0.717, 1.165) is 34.0 Å². The maximum absolute atomic E-state index is 13.0. The van der Waals surface area contributed by atoms with Gasteiger partial charge in [-0.1, -0.05) is 35.9 Å². The van der Waals surface area contributed by atoms with Crippen molar-refractivity contribution in [2.75, 3.05) is 0 Å². The largest absolute Gasteiger partial charge is 0.350 e. The number of carbonyl (C=O) groups excluding carboxylic acids is 1. The smallest absolute Gasteiger partial charge is 0.261 e. The van der Waals surface area contributed by atoms with E-state index in [4.69, 9.17) is 21.6 Å². The Bertz CT molecular complexity index is 1390. The van der Waals surface area contributed by atoms with Crippen LogP contribution in [0.1, 0.15) is 41.0 Å². The van der Waals surface area contributed by atoms with Gasteiger partial charge in [-0.25, -0.2) is 9.97 Å². The first kappa shape index (κ1) is 21.8. The molecule has 5 rings (SSSR count). The van der Waals surface area contributed by atoms with Crippen LogP contribution in [-0.4, -0.2) is 20.4 Å². The van der Waals surface area contributed by atoms with Crippen LogP contribution in [0.15, 0.2) is 53.3 Å². The minimum absolute atomic E-state index is 0.00787. The number of halogens is 1. The third kappa shape index (κ3) is 4.70. The van der Waals surface area contributed by atoms with E-state index in [2.05, 4.69) is 5.32 Å². The van der Waals surface area contributed by atoms with Crippen molar-refractivity contribution in [2.24, 2.45) is 0 Å². The van der Waals surface area contributed by atoms with Crippen molar-refractivity contribution < 1.29 is 4.79 Å². The molecule has 0 atom stereocenters. The number of para-hydroxylation sites is 1. The van der Waals surface area contributed by atoms with Crippen molar-refractivity contribution >= 4 is 39.7 Å². The fourth-order valence-corrected chi connectivity index (χ4v) is 4.99. The summed E-state index contributed by atoms with van der Waals surface area (Å²) in [5, 5.41) is 5.13. The summed E-state index contributed by atoms with van der Waals surface area (Å²) in [6, 6.07) is 15.2. The van der Waals surface area contributed by atoms with Crippen molar-refractivity contribution in [3.8, 4) is 11.3 Å². The van der Waals surface area contributed by atoms with Gasteiger partial charge in [0.25, 0.3) is 5.56 Å². The van der Waals surface area contributed by atoms with Crippen molar-refractivity contribution in [2.45, 2.75) is 45.2 Å². The van der Waals surface area contributed by atoms with E-state index in [9.17, 15) is 9.59 Å². The Morgan fingerprint density at radius 2 is 1.91 bits per heavy atom. The Labute approximate surface area is 200 Å². The number of aryl methyl sites for hydroxylation is 2. The number of thiazole rings is 1. The molecule has 1 aliphatic rings. The Morgan fingerprint density at radius 3 is 2.67 bits per heavy atom. The molecule has 2 aromatic carbocycles. The van der Waals surface area contributed by atoms with Gasteiger partial charge in [0.1, 0.15) is 10.8 Å². The highest BCUT2D eigenvalue weighted by Crippen LogP contribution is 2.35. The maximum Gasteiger partial charge on any atom is 0.261 e. The Hall–Kier alpha value is -3.03. The lowest BCUT2D eigenvalue weighted by Crippen LogP contribution is -2.27. The number of nitrogens with zero attached hydrogens (tertiary/aromatic N) is 3. The Kier molecular flexibility index (Phi) is 6.00. The van der Waals surface area contributed by atoms with Crippen molar-refractivity contribution in [3.05, 3.63) is 79.6 Å². The number of hydrogen-bond acceptors (Lipinski definition) is 5. The predicted octanol–water partition coefficient (Wildman–Crippen LogP) is 5.07. The Morgan fingerprint density at radius 1 is 1.15 bits per heavy atom. The van der Waals surface area contributed by atoms with Gasteiger partial charge in [-0.3, -0.25) is 14.2 Å². The summed E-state index contributed by atoms with van der Waals surface area (Å²) in [5.41, 5.74) is 2.59. The fourth-order valence-electron chi connectivity index (χ4n) is 3.97. The fraction of sp³-hybridized carbons (Fsp3) is 0.280. The highest BCUT2D eigenvalue weighted by Gasteiger charge is 2.28.